The summed E-state index contributed by atoms with van der Waals surface area (Å²) in [4.78, 5) is 26.5. The molecule has 0 aromatic carbocycles. The Balaban J connectivity index is 1.45. The molecule has 0 radical (unpaired) electrons. The number of nitrogens with zero attached hydrogens (tertiary/aromatic N) is 3. The summed E-state index contributed by atoms with van der Waals surface area (Å²) in [5.41, 5.74) is 2.04. The van der Waals surface area contributed by atoms with Crippen molar-refractivity contribution in [3.05, 3.63) is 53.3 Å². The highest BCUT2D eigenvalue weighted by atomic mass is 32.1. The van der Waals surface area contributed by atoms with Gasteiger partial charge in [0.15, 0.2) is 0 Å². The van der Waals surface area contributed by atoms with Crippen molar-refractivity contribution in [2.24, 2.45) is 5.92 Å². The molecule has 7 heteroatoms. The number of rotatable bonds is 5. The molecule has 0 unspecified atom stereocenters. The summed E-state index contributed by atoms with van der Waals surface area (Å²) in [5.74, 6) is 1.90. The third-order valence-corrected chi connectivity index (χ3v) is 6.49. The largest absolute Gasteiger partial charge is 0.469 e. The summed E-state index contributed by atoms with van der Waals surface area (Å²) in [6, 6.07) is 9.88. The summed E-state index contributed by atoms with van der Waals surface area (Å²) in [5, 5.41) is 4.39. The fourth-order valence-electron chi connectivity index (χ4n) is 3.71. The number of ether oxygens (including phenoxy) is 1. The highest BCUT2D eigenvalue weighted by molar-refractivity contribution is 7.15. The maximum atomic E-state index is 11.7. The van der Waals surface area contributed by atoms with Crippen LogP contribution in [0.5, 0.6) is 0 Å². The van der Waals surface area contributed by atoms with Crippen molar-refractivity contribution in [2.75, 3.05) is 12.4 Å². The second-order valence-corrected chi connectivity index (χ2v) is 8.45. The van der Waals surface area contributed by atoms with Crippen molar-refractivity contribution < 1.29 is 9.53 Å². The zero-order valence-corrected chi connectivity index (χ0v) is 17.4. The molecule has 3 aromatic rings. The molecule has 0 bridgehead atoms. The molecule has 0 aliphatic heterocycles. The van der Waals surface area contributed by atoms with E-state index in [1.54, 1.807) is 17.5 Å². The van der Waals surface area contributed by atoms with Crippen LogP contribution in [-0.2, 0) is 9.53 Å². The van der Waals surface area contributed by atoms with Crippen LogP contribution in [0.4, 0.5) is 11.6 Å². The number of hydrogen-bond acceptors (Lipinski definition) is 7. The SMILES string of the molecule is COC(=O)C1CCC(c2ncc(-c3cccc(Nc4cc(C)ccn4)n3)s2)CC1. The Labute approximate surface area is 174 Å². The summed E-state index contributed by atoms with van der Waals surface area (Å²) >= 11 is 1.69. The minimum Gasteiger partial charge on any atom is -0.469 e. The fraction of sp³-hybridized carbons (Fsp3) is 0.364. The molecule has 1 aliphatic carbocycles. The molecule has 4 rings (SSSR count). The van der Waals surface area contributed by atoms with E-state index in [1.165, 1.54) is 7.11 Å². The van der Waals surface area contributed by atoms with E-state index in [1.807, 2.05) is 43.5 Å². The van der Waals surface area contributed by atoms with E-state index in [0.717, 1.165) is 58.5 Å². The highest BCUT2D eigenvalue weighted by Crippen LogP contribution is 2.39. The van der Waals surface area contributed by atoms with E-state index in [-0.39, 0.29) is 11.9 Å². The van der Waals surface area contributed by atoms with Gasteiger partial charge in [-0.3, -0.25) is 4.79 Å². The number of aromatic nitrogens is 3. The minimum atomic E-state index is -0.0834. The number of carbonyl (C=O) groups is 1. The van der Waals surface area contributed by atoms with Crippen LogP contribution >= 0.6 is 11.3 Å². The molecule has 6 nitrogen and oxygen atoms in total. The summed E-state index contributed by atoms with van der Waals surface area (Å²) < 4.78 is 4.88. The number of methoxy groups -OCH3 is 1. The number of aryl methyl sites for hydroxylation is 1. The van der Waals surface area contributed by atoms with Crippen LogP contribution < -0.4 is 5.32 Å². The maximum Gasteiger partial charge on any atom is 0.308 e. The van der Waals surface area contributed by atoms with Gasteiger partial charge in [-0.2, -0.15) is 0 Å². The Morgan fingerprint density at radius 3 is 2.72 bits per heavy atom. The molecule has 1 fully saturated rings. The second-order valence-electron chi connectivity index (χ2n) is 7.39. The average Bonchev–Trinajstić information content (AvgIpc) is 3.24. The van der Waals surface area contributed by atoms with Gasteiger partial charge in [-0.1, -0.05) is 6.07 Å². The quantitative estimate of drug-likeness (QED) is 0.592. The molecule has 1 saturated carbocycles. The topological polar surface area (TPSA) is 77.0 Å². The van der Waals surface area contributed by atoms with Crippen LogP contribution in [0, 0.1) is 12.8 Å². The van der Waals surface area contributed by atoms with Crippen molar-refractivity contribution in [3.8, 4) is 10.6 Å². The van der Waals surface area contributed by atoms with Crippen LogP contribution in [0.15, 0.2) is 42.7 Å². The number of anilines is 2. The number of carbonyl (C=O) groups excluding carboxylic acids is 1. The van der Waals surface area contributed by atoms with Crippen molar-refractivity contribution >= 4 is 28.9 Å². The lowest BCUT2D eigenvalue weighted by molar-refractivity contribution is -0.146. The van der Waals surface area contributed by atoms with Gasteiger partial charge < -0.3 is 10.1 Å². The molecular weight excluding hydrogens is 384 g/mol. The molecule has 0 atom stereocenters. The molecule has 1 aliphatic rings. The van der Waals surface area contributed by atoms with Gasteiger partial charge in [-0.05, 0) is 62.4 Å². The molecule has 3 aromatic heterocycles. The van der Waals surface area contributed by atoms with Crippen LogP contribution in [0.2, 0.25) is 0 Å². The number of nitrogens with one attached hydrogen (secondary N) is 1. The predicted molar refractivity (Wildman–Crippen MR) is 114 cm³/mol. The zero-order valence-electron chi connectivity index (χ0n) is 16.6. The normalized spacial score (nSPS) is 19.0. The third kappa shape index (κ3) is 4.62. The molecule has 0 saturated heterocycles. The Kier molecular flexibility index (Phi) is 5.85. The molecule has 3 heterocycles. The first-order chi connectivity index (χ1) is 14.1. The number of esters is 1. The van der Waals surface area contributed by atoms with Gasteiger partial charge in [0.1, 0.15) is 11.6 Å². The predicted octanol–water partition coefficient (Wildman–Crippen LogP) is 5.10. The minimum absolute atomic E-state index is 0.0373. The van der Waals surface area contributed by atoms with Crippen molar-refractivity contribution in [3.63, 3.8) is 0 Å². The maximum absolute atomic E-state index is 11.7. The number of hydrogen-bond donors (Lipinski definition) is 1. The average molecular weight is 409 g/mol. The molecule has 1 N–H and O–H groups in total. The van der Waals surface area contributed by atoms with E-state index in [0.29, 0.717) is 5.92 Å². The van der Waals surface area contributed by atoms with E-state index in [9.17, 15) is 4.79 Å². The number of pyridine rings is 2. The Hall–Kier alpha value is -2.80. The Morgan fingerprint density at radius 2 is 1.97 bits per heavy atom. The first kappa shape index (κ1) is 19.5. The molecule has 150 valence electrons. The summed E-state index contributed by atoms with van der Waals surface area (Å²) in [6.07, 6.45) is 7.37. The highest BCUT2D eigenvalue weighted by Gasteiger charge is 2.29. The van der Waals surface area contributed by atoms with Gasteiger partial charge in [0, 0.05) is 18.3 Å². The standard InChI is InChI=1S/C22H24N4O2S/c1-14-10-11-23-20(12-14)26-19-5-3-4-17(25-19)18-13-24-21(29-18)15-6-8-16(9-7-15)22(27)28-2/h3-5,10-13,15-16H,6-9H2,1-2H3,(H,23,25,26). The Bertz CT molecular complexity index is 996. The van der Waals surface area contributed by atoms with Gasteiger partial charge >= 0.3 is 5.97 Å². The van der Waals surface area contributed by atoms with Crippen LogP contribution in [0.1, 0.15) is 42.2 Å². The number of thiazole rings is 1. The van der Waals surface area contributed by atoms with E-state index < -0.39 is 0 Å². The first-order valence-corrected chi connectivity index (χ1v) is 10.6. The fourth-order valence-corrected chi connectivity index (χ4v) is 4.77. The zero-order chi connectivity index (χ0) is 20.2. The summed E-state index contributed by atoms with van der Waals surface area (Å²) in [7, 11) is 1.46. The lowest BCUT2D eigenvalue weighted by Gasteiger charge is -2.25. The third-order valence-electron chi connectivity index (χ3n) is 5.31. The van der Waals surface area contributed by atoms with Crippen LogP contribution in [0.3, 0.4) is 0 Å². The van der Waals surface area contributed by atoms with Gasteiger partial charge in [0.25, 0.3) is 0 Å². The van der Waals surface area contributed by atoms with Crippen molar-refractivity contribution in [1.82, 2.24) is 15.0 Å². The van der Waals surface area contributed by atoms with Gasteiger partial charge in [-0.15, -0.1) is 11.3 Å². The van der Waals surface area contributed by atoms with E-state index in [4.69, 9.17) is 9.72 Å². The van der Waals surface area contributed by atoms with E-state index >= 15 is 0 Å². The van der Waals surface area contributed by atoms with Crippen molar-refractivity contribution in [2.45, 2.75) is 38.5 Å². The van der Waals surface area contributed by atoms with Gasteiger partial charge in [0.05, 0.1) is 28.6 Å². The molecule has 0 amide bonds. The smallest absolute Gasteiger partial charge is 0.308 e. The second kappa shape index (κ2) is 8.69. The Morgan fingerprint density at radius 1 is 1.14 bits per heavy atom. The van der Waals surface area contributed by atoms with Crippen LogP contribution in [0.25, 0.3) is 10.6 Å². The molecule has 29 heavy (non-hydrogen) atoms. The van der Waals surface area contributed by atoms with Gasteiger partial charge in [-0.25, -0.2) is 15.0 Å². The van der Waals surface area contributed by atoms with Crippen LogP contribution in [-0.4, -0.2) is 28.0 Å². The lowest BCUT2D eigenvalue weighted by atomic mass is 9.82. The first-order valence-electron chi connectivity index (χ1n) is 9.83. The van der Waals surface area contributed by atoms with E-state index in [2.05, 4.69) is 15.3 Å². The lowest BCUT2D eigenvalue weighted by Crippen LogP contribution is -2.22. The van der Waals surface area contributed by atoms with Gasteiger partial charge in [0.2, 0.25) is 0 Å². The molecule has 0 spiro atoms. The molecular formula is C22H24N4O2S. The van der Waals surface area contributed by atoms with Crippen molar-refractivity contribution in [1.29, 1.82) is 0 Å². The summed E-state index contributed by atoms with van der Waals surface area (Å²) in [6.45, 7) is 2.04. The monoisotopic (exact) mass is 408 g/mol.